The average molecular weight is 275 g/mol. The maximum atomic E-state index is 11.6. The van der Waals surface area contributed by atoms with Gasteiger partial charge in [0, 0.05) is 13.0 Å². The summed E-state index contributed by atoms with van der Waals surface area (Å²) < 4.78 is 6.97. The van der Waals surface area contributed by atoms with Crippen molar-refractivity contribution in [2.75, 3.05) is 14.2 Å². The molecule has 1 atom stereocenters. The van der Waals surface area contributed by atoms with Crippen LogP contribution in [0.4, 0.5) is 0 Å². The van der Waals surface area contributed by atoms with E-state index in [2.05, 4.69) is 27.9 Å². The fourth-order valence-electron chi connectivity index (χ4n) is 2.43. The summed E-state index contributed by atoms with van der Waals surface area (Å²) in [6, 6.07) is 7.79. The van der Waals surface area contributed by atoms with Crippen molar-refractivity contribution in [3.05, 3.63) is 30.1 Å². The smallest absolute Gasteiger partial charge is 0.322 e. The molecule has 0 saturated heterocycles. The summed E-state index contributed by atoms with van der Waals surface area (Å²) >= 11 is 0. The van der Waals surface area contributed by atoms with Crippen molar-refractivity contribution in [1.82, 2.24) is 14.9 Å². The molecular weight excluding hydrogens is 254 g/mol. The van der Waals surface area contributed by atoms with Gasteiger partial charge in [0.15, 0.2) is 0 Å². The van der Waals surface area contributed by atoms with Gasteiger partial charge in [0.1, 0.15) is 11.9 Å². The molecule has 20 heavy (non-hydrogen) atoms. The van der Waals surface area contributed by atoms with Crippen LogP contribution in [0.15, 0.2) is 24.3 Å². The molecule has 1 unspecified atom stereocenters. The number of hydrogen-bond donors (Lipinski definition) is 1. The third kappa shape index (κ3) is 2.82. The molecule has 0 saturated carbocycles. The quantitative estimate of drug-likeness (QED) is 0.816. The maximum Gasteiger partial charge on any atom is 0.322 e. The summed E-state index contributed by atoms with van der Waals surface area (Å²) in [5, 5.41) is 2.99. The first kappa shape index (κ1) is 14.5. The van der Waals surface area contributed by atoms with E-state index in [0.717, 1.165) is 29.8 Å². The van der Waals surface area contributed by atoms with Crippen LogP contribution in [-0.4, -0.2) is 35.7 Å². The van der Waals surface area contributed by atoms with Gasteiger partial charge >= 0.3 is 5.97 Å². The number of likely N-dealkylation sites (N-methyl/N-ethyl adjacent to an activating group) is 1. The van der Waals surface area contributed by atoms with Crippen molar-refractivity contribution in [2.45, 2.75) is 32.4 Å². The second-order valence-corrected chi connectivity index (χ2v) is 4.68. The SMILES string of the molecule is CCc1nc2ccccc2n1CCC(NC)C(=O)OC. The second kappa shape index (κ2) is 6.52. The minimum Gasteiger partial charge on any atom is -0.468 e. The molecule has 0 fully saturated rings. The molecule has 5 nitrogen and oxygen atoms in total. The Labute approximate surface area is 118 Å². The van der Waals surface area contributed by atoms with Crippen LogP contribution in [0, 0.1) is 0 Å². The van der Waals surface area contributed by atoms with Gasteiger partial charge in [-0.1, -0.05) is 19.1 Å². The van der Waals surface area contributed by atoms with E-state index in [1.165, 1.54) is 7.11 Å². The Morgan fingerprint density at radius 2 is 2.20 bits per heavy atom. The third-order valence-electron chi connectivity index (χ3n) is 3.53. The first-order chi connectivity index (χ1) is 9.71. The number of para-hydroxylation sites is 2. The largest absolute Gasteiger partial charge is 0.468 e. The molecular formula is C15H21N3O2. The standard InChI is InChI=1S/C15H21N3O2/c1-4-14-17-11-7-5-6-8-13(11)18(14)10-9-12(16-2)15(19)20-3/h5-8,12,16H,4,9-10H2,1-3H3. The Morgan fingerprint density at radius 1 is 1.45 bits per heavy atom. The zero-order valence-electron chi connectivity index (χ0n) is 12.2. The van der Waals surface area contributed by atoms with Crippen LogP contribution < -0.4 is 5.32 Å². The molecule has 0 aliphatic heterocycles. The predicted molar refractivity (Wildman–Crippen MR) is 78.6 cm³/mol. The normalized spacial score (nSPS) is 12.6. The van der Waals surface area contributed by atoms with Crippen LogP contribution in [0.2, 0.25) is 0 Å². The number of ether oxygens (including phenoxy) is 1. The van der Waals surface area contributed by atoms with Crippen LogP contribution in [0.3, 0.4) is 0 Å². The fraction of sp³-hybridized carbons (Fsp3) is 0.467. The molecule has 1 heterocycles. The highest BCUT2D eigenvalue weighted by Gasteiger charge is 2.18. The Kier molecular flexibility index (Phi) is 4.74. The predicted octanol–water partition coefficient (Wildman–Crippen LogP) is 1.75. The molecule has 1 aromatic heterocycles. The number of fused-ring (bicyclic) bond motifs is 1. The van der Waals surface area contributed by atoms with E-state index >= 15 is 0 Å². The number of imidazole rings is 1. The van der Waals surface area contributed by atoms with E-state index in [4.69, 9.17) is 4.74 Å². The third-order valence-corrected chi connectivity index (χ3v) is 3.53. The highest BCUT2D eigenvalue weighted by molar-refractivity contribution is 5.76. The van der Waals surface area contributed by atoms with Crippen molar-refractivity contribution >= 4 is 17.0 Å². The Bertz CT molecular complexity index is 592. The molecule has 1 N–H and O–H groups in total. The van der Waals surface area contributed by atoms with Gasteiger partial charge < -0.3 is 14.6 Å². The van der Waals surface area contributed by atoms with Gasteiger partial charge in [0.2, 0.25) is 0 Å². The van der Waals surface area contributed by atoms with Gasteiger partial charge in [0.25, 0.3) is 0 Å². The van der Waals surface area contributed by atoms with E-state index in [1.807, 2.05) is 18.2 Å². The van der Waals surface area contributed by atoms with Crippen LogP contribution in [0.25, 0.3) is 11.0 Å². The van der Waals surface area contributed by atoms with Gasteiger partial charge in [-0.3, -0.25) is 4.79 Å². The maximum absolute atomic E-state index is 11.6. The monoisotopic (exact) mass is 275 g/mol. The zero-order valence-corrected chi connectivity index (χ0v) is 12.2. The molecule has 0 bridgehead atoms. The number of rotatable bonds is 6. The van der Waals surface area contributed by atoms with E-state index in [-0.39, 0.29) is 12.0 Å². The number of benzene rings is 1. The van der Waals surface area contributed by atoms with Gasteiger partial charge in [-0.2, -0.15) is 0 Å². The molecule has 1 aromatic carbocycles. The Balaban J connectivity index is 2.22. The zero-order chi connectivity index (χ0) is 14.5. The molecule has 0 amide bonds. The average Bonchev–Trinajstić information content (AvgIpc) is 2.85. The first-order valence-electron chi connectivity index (χ1n) is 6.90. The number of aryl methyl sites for hydroxylation is 2. The number of methoxy groups -OCH3 is 1. The molecule has 0 radical (unpaired) electrons. The number of carbonyl (C=O) groups is 1. The van der Waals surface area contributed by atoms with Crippen molar-refractivity contribution < 1.29 is 9.53 Å². The minimum absolute atomic E-state index is 0.227. The molecule has 0 aliphatic rings. The summed E-state index contributed by atoms with van der Waals surface area (Å²) in [6.07, 6.45) is 1.55. The summed E-state index contributed by atoms with van der Waals surface area (Å²) in [5.74, 6) is 0.820. The van der Waals surface area contributed by atoms with Gasteiger partial charge in [-0.25, -0.2) is 4.98 Å². The van der Waals surface area contributed by atoms with Crippen LogP contribution >= 0.6 is 0 Å². The summed E-state index contributed by atoms with van der Waals surface area (Å²) in [6.45, 7) is 2.83. The number of hydrogen-bond acceptors (Lipinski definition) is 4. The number of esters is 1. The van der Waals surface area contributed by atoms with Gasteiger partial charge in [-0.05, 0) is 25.6 Å². The second-order valence-electron chi connectivity index (χ2n) is 4.68. The highest BCUT2D eigenvalue weighted by atomic mass is 16.5. The van der Waals surface area contributed by atoms with Crippen molar-refractivity contribution in [3.63, 3.8) is 0 Å². The molecule has 0 spiro atoms. The number of nitrogens with one attached hydrogen (secondary N) is 1. The molecule has 2 rings (SSSR count). The van der Waals surface area contributed by atoms with Gasteiger partial charge in [-0.15, -0.1) is 0 Å². The molecule has 108 valence electrons. The molecule has 5 heteroatoms. The van der Waals surface area contributed by atoms with Crippen molar-refractivity contribution in [2.24, 2.45) is 0 Å². The van der Waals surface area contributed by atoms with E-state index in [0.29, 0.717) is 6.42 Å². The van der Waals surface area contributed by atoms with E-state index in [1.54, 1.807) is 7.05 Å². The number of nitrogens with zero attached hydrogens (tertiary/aromatic N) is 2. The lowest BCUT2D eigenvalue weighted by molar-refractivity contribution is -0.143. The Morgan fingerprint density at radius 3 is 2.85 bits per heavy atom. The lowest BCUT2D eigenvalue weighted by Gasteiger charge is -2.15. The van der Waals surface area contributed by atoms with E-state index in [9.17, 15) is 4.79 Å². The highest BCUT2D eigenvalue weighted by Crippen LogP contribution is 2.17. The van der Waals surface area contributed by atoms with Crippen LogP contribution in [-0.2, 0) is 22.5 Å². The van der Waals surface area contributed by atoms with Crippen molar-refractivity contribution in [3.8, 4) is 0 Å². The van der Waals surface area contributed by atoms with E-state index < -0.39 is 0 Å². The molecule has 0 aliphatic carbocycles. The Hall–Kier alpha value is -1.88. The summed E-state index contributed by atoms with van der Waals surface area (Å²) in [4.78, 5) is 16.2. The summed E-state index contributed by atoms with van der Waals surface area (Å²) in [5.41, 5.74) is 2.12. The number of carbonyl (C=O) groups excluding carboxylic acids is 1. The fourth-order valence-corrected chi connectivity index (χ4v) is 2.43. The van der Waals surface area contributed by atoms with Crippen LogP contribution in [0.1, 0.15) is 19.2 Å². The van der Waals surface area contributed by atoms with Gasteiger partial charge in [0.05, 0.1) is 18.1 Å². The summed E-state index contributed by atoms with van der Waals surface area (Å²) in [7, 11) is 3.19. The first-order valence-corrected chi connectivity index (χ1v) is 6.90. The van der Waals surface area contributed by atoms with Crippen LogP contribution in [0.5, 0.6) is 0 Å². The lowest BCUT2D eigenvalue weighted by Crippen LogP contribution is -2.36. The lowest BCUT2D eigenvalue weighted by atomic mass is 10.2. The van der Waals surface area contributed by atoms with Crippen molar-refractivity contribution in [1.29, 1.82) is 0 Å². The topological polar surface area (TPSA) is 56.2 Å². The number of aromatic nitrogens is 2. The minimum atomic E-state index is -0.286. The molecule has 2 aromatic rings.